The van der Waals surface area contributed by atoms with Crippen LogP contribution in [0.4, 0.5) is 5.69 Å². The van der Waals surface area contributed by atoms with E-state index in [1.807, 2.05) is 18.4 Å². The molecule has 0 saturated heterocycles. The van der Waals surface area contributed by atoms with E-state index in [0.717, 1.165) is 10.4 Å². The number of amides is 1. The van der Waals surface area contributed by atoms with E-state index in [2.05, 4.69) is 10.3 Å². The summed E-state index contributed by atoms with van der Waals surface area (Å²) in [5, 5.41) is 20.9. The summed E-state index contributed by atoms with van der Waals surface area (Å²) in [6, 6.07) is 8.07. The second kappa shape index (κ2) is 7.04. The Morgan fingerprint density at radius 3 is 2.77 bits per heavy atom. The van der Waals surface area contributed by atoms with Gasteiger partial charge in [-0.25, -0.2) is 4.68 Å². The minimum atomic E-state index is -0.473. The molecule has 0 unspecified atom stereocenters. The van der Waals surface area contributed by atoms with Crippen LogP contribution in [-0.2, 0) is 6.54 Å². The fraction of sp³-hybridized carbons (Fsp3) is 0.235. The van der Waals surface area contributed by atoms with Gasteiger partial charge in [0.15, 0.2) is 5.69 Å². The predicted molar refractivity (Wildman–Crippen MR) is 97.6 cm³/mol. The van der Waals surface area contributed by atoms with Crippen molar-refractivity contribution in [3.8, 4) is 5.69 Å². The predicted octanol–water partition coefficient (Wildman–Crippen LogP) is 3.13. The van der Waals surface area contributed by atoms with Gasteiger partial charge in [0.1, 0.15) is 0 Å². The first kappa shape index (κ1) is 17.7. The molecule has 3 rings (SSSR count). The van der Waals surface area contributed by atoms with Gasteiger partial charge in [0.25, 0.3) is 11.6 Å². The summed E-state index contributed by atoms with van der Waals surface area (Å²) < 4.78 is 1.43. The van der Waals surface area contributed by atoms with Crippen LogP contribution in [0, 0.1) is 24.0 Å². The maximum absolute atomic E-state index is 12.7. The third-order valence-corrected chi connectivity index (χ3v) is 5.09. The molecule has 0 N–H and O–H groups in total. The lowest BCUT2D eigenvalue weighted by Gasteiger charge is -2.15. The van der Waals surface area contributed by atoms with E-state index in [4.69, 9.17) is 0 Å². The molecule has 1 amide bonds. The zero-order valence-electron chi connectivity index (χ0n) is 14.5. The number of nitrogens with zero attached hydrogens (tertiary/aromatic N) is 5. The molecule has 0 spiro atoms. The van der Waals surface area contributed by atoms with E-state index < -0.39 is 4.92 Å². The van der Waals surface area contributed by atoms with Gasteiger partial charge in [-0.2, -0.15) is 0 Å². The molecule has 0 bridgehead atoms. The molecule has 26 heavy (non-hydrogen) atoms. The molecule has 0 fully saturated rings. The highest BCUT2D eigenvalue weighted by Gasteiger charge is 2.22. The van der Waals surface area contributed by atoms with Gasteiger partial charge in [-0.1, -0.05) is 11.3 Å². The average Bonchev–Trinajstić information content (AvgIpc) is 3.20. The Balaban J connectivity index is 1.86. The van der Waals surface area contributed by atoms with E-state index in [0.29, 0.717) is 17.9 Å². The molecule has 0 saturated carbocycles. The van der Waals surface area contributed by atoms with E-state index in [1.54, 1.807) is 42.3 Å². The van der Waals surface area contributed by atoms with Crippen molar-refractivity contribution in [1.29, 1.82) is 0 Å². The molecule has 1 aromatic carbocycles. The van der Waals surface area contributed by atoms with Gasteiger partial charge in [-0.3, -0.25) is 14.9 Å². The Bertz CT molecular complexity index is 978. The fourth-order valence-corrected chi connectivity index (χ4v) is 3.50. The van der Waals surface area contributed by atoms with Crippen molar-refractivity contribution in [1.82, 2.24) is 19.9 Å². The van der Waals surface area contributed by atoms with E-state index in [1.165, 1.54) is 16.8 Å². The van der Waals surface area contributed by atoms with Gasteiger partial charge in [-0.05, 0) is 36.9 Å². The molecule has 2 aromatic heterocycles. The molecule has 3 aromatic rings. The number of non-ortho nitro benzene ring substituents is 1. The molecule has 8 nitrogen and oxygen atoms in total. The highest BCUT2D eigenvalue weighted by Crippen LogP contribution is 2.21. The minimum absolute atomic E-state index is 0.0458. The molecule has 2 heterocycles. The Kier molecular flexibility index (Phi) is 4.81. The number of carbonyl (C=O) groups excluding carboxylic acids is 1. The quantitative estimate of drug-likeness (QED) is 0.507. The van der Waals surface area contributed by atoms with E-state index in [-0.39, 0.29) is 17.3 Å². The Morgan fingerprint density at radius 2 is 2.12 bits per heavy atom. The lowest BCUT2D eigenvalue weighted by atomic mass is 10.2. The van der Waals surface area contributed by atoms with Crippen LogP contribution in [0.1, 0.15) is 26.6 Å². The Labute approximate surface area is 153 Å². The van der Waals surface area contributed by atoms with Crippen LogP contribution >= 0.6 is 11.3 Å². The van der Waals surface area contributed by atoms with E-state index in [9.17, 15) is 14.9 Å². The second-order valence-corrected chi connectivity index (χ2v) is 6.90. The Hall–Kier alpha value is -3.07. The lowest BCUT2D eigenvalue weighted by molar-refractivity contribution is -0.384. The standard InChI is InChI=1S/C17H17N5O3S/c1-11-7-8-26-15(11)10-20(3)17(23)16-12(2)21(19-18-16)13-5-4-6-14(9-13)22(24)25/h4-9H,10H2,1-3H3. The Morgan fingerprint density at radius 1 is 1.35 bits per heavy atom. The van der Waals surface area contributed by atoms with Crippen LogP contribution in [0.2, 0.25) is 0 Å². The van der Waals surface area contributed by atoms with Gasteiger partial charge in [0.2, 0.25) is 0 Å². The molecule has 0 aliphatic carbocycles. The number of carbonyl (C=O) groups is 1. The van der Waals surface area contributed by atoms with Crippen LogP contribution in [0.15, 0.2) is 35.7 Å². The van der Waals surface area contributed by atoms with Gasteiger partial charge in [0, 0.05) is 24.1 Å². The maximum atomic E-state index is 12.7. The van der Waals surface area contributed by atoms with Crippen LogP contribution in [-0.4, -0.2) is 37.8 Å². The number of aromatic nitrogens is 3. The summed E-state index contributed by atoms with van der Waals surface area (Å²) in [4.78, 5) is 25.9. The molecule has 134 valence electrons. The first-order chi connectivity index (χ1) is 12.4. The van der Waals surface area contributed by atoms with Crippen molar-refractivity contribution >= 4 is 22.9 Å². The molecule has 0 atom stereocenters. The topological polar surface area (TPSA) is 94.2 Å². The number of hydrogen-bond acceptors (Lipinski definition) is 6. The van der Waals surface area contributed by atoms with Crippen molar-refractivity contribution in [2.24, 2.45) is 0 Å². The lowest BCUT2D eigenvalue weighted by Crippen LogP contribution is -2.27. The monoisotopic (exact) mass is 371 g/mol. The number of nitro benzene ring substituents is 1. The van der Waals surface area contributed by atoms with Crippen molar-refractivity contribution in [3.05, 3.63) is 67.7 Å². The smallest absolute Gasteiger partial charge is 0.276 e. The summed E-state index contributed by atoms with van der Waals surface area (Å²) in [5.74, 6) is -0.244. The number of benzene rings is 1. The maximum Gasteiger partial charge on any atom is 0.276 e. The number of rotatable bonds is 5. The molecule has 0 radical (unpaired) electrons. The number of aryl methyl sites for hydroxylation is 1. The average molecular weight is 371 g/mol. The van der Waals surface area contributed by atoms with Crippen LogP contribution in [0.25, 0.3) is 5.69 Å². The first-order valence-corrected chi connectivity index (χ1v) is 8.72. The summed E-state index contributed by atoms with van der Waals surface area (Å²) in [7, 11) is 1.72. The SMILES string of the molecule is Cc1ccsc1CN(C)C(=O)c1nnn(-c2cccc([N+](=O)[O-])c2)c1C. The van der Waals surface area contributed by atoms with Crippen LogP contribution < -0.4 is 0 Å². The molecule has 0 aliphatic rings. The molecular weight excluding hydrogens is 354 g/mol. The largest absolute Gasteiger partial charge is 0.335 e. The molecule has 9 heteroatoms. The van der Waals surface area contributed by atoms with Gasteiger partial charge in [-0.15, -0.1) is 16.4 Å². The van der Waals surface area contributed by atoms with Gasteiger partial charge >= 0.3 is 0 Å². The second-order valence-electron chi connectivity index (χ2n) is 5.90. The third kappa shape index (κ3) is 3.33. The van der Waals surface area contributed by atoms with Crippen LogP contribution in [0.5, 0.6) is 0 Å². The highest BCUT2D eigenvalue weighted by atomic mass is 32.1. The van der Waals surface area contributed by atoms with Crippen molar-refractivity contribution in [2.45, 2.75) is 20.4 Å². The summed E-state index contributed by atoms with van der Waals surface area (Å²) in [5.41, 5.74) is 2.35. The van der Waals surface area contributed by atoms with Crippen molar-refractivity contribution in [2.75, 3.05) is 7.05 Å². The molecular formula is C17H17N5O3S. The zero-order valence-corrected chi connectivity index (χ0v) is 15.4. The summed E-state index contributed by atoms with van der Waals surface area (Å²) in [6.45, 7) is 4.22. The van der Waals surface area contributed by atoms with Crippen LogP contribution in [0.3, 0.4) is 0 Å². The van der Waals surface area contributed by atoms with Gasteiger partial charge in [0.05, 0.1) is 22.8 Å². The molecule has 0 aliphatic heterocycles. The number of nitro groups is 1. The number of hydrogen-bond donors (Lipinski definition) is 0. The zero-order chi connectivity index (χ0) is 18.8. The first-order valence-electron chi connectivity index (χ1n) is 7.84. The summed E-state index contributed by atoms with van der Waals surface area (Å²) in [6.07, 6.45) is 0. The van der Waals surface area contributed by atoms with E-state index >= 15 is 0 Å². The third-order valence-electron chi connectivity index (χ3n) is 4.08. The van der Waals surface area contributed by atoms with Gasteiger partial charge < -0.3 is 4.90 Å². The fourth-order valence-electron chi connectivity index (χ4n) is 2.54. The minimum Gasteiger partial charge on any atom is -0.335 e. The number of thiophene rings is 1. The highest BCUT2D eigenvalue weighted by molar-refractivity contribution is 7.10. The van der Waals surface area contributed by atoms with Crippen molar-refractivity contribution < 1.29 is 9.72 Å². The van der Waals surface area contributed by atoms with Crippen molar-refractivity contribution in [3.63, 3.8) is 0 Å². The summed E-state index contributed by atoms with van der Waals surface area (Å²) >= 11 is 1.60. The normalized spacial score (nSPS) is 10.7.